The number of nitrogens with zero attached hydrogens (tertiary/aromatic N) is 2. The Morgan fingerprint density at radius 1 is 1.33 bits per heavy atom. The van der Waals surface area contributed by atoms with Gasteiger partial charge in [-0.05, 0) is 38.8 Å². The van der Waals surface area contributed by atoms with E-state index in [0.717, 1.165) is 12.8 Å². The number of hydrogen-bond acceptors (Lipinski definition) is 2. The van der Waals surface area contributed by atoms with Gasteiger partial charge in [0.15, 0.2) is 0 Å². The highest BCUT2D eigenvalue weighted by molar-refractivity contribution is 5.02. The van der Waals surface area contributed by atoms with Crippen LogP contribution in [0.4, 0.5) is 0 Å². The Bertz CT molecular complexity index is 332. The molecular formula is C15H29N3. The monoisotopic (exact) mass is 251 g/mol. The molecule has 3 nitrogen and oxygen atoms in total. The van der Waals surface area contributed by atoms with E-state index in [4.69, 9.17) is 0 Å². The van der Waals surface area contributed by atoms with Crippen LogP contribution in [0.3, 0.4) is 0 Å². The summed E-state index contributed by atoms with van der Waals surface area (Å²) < 4.78 is 2.09. The van der Waals surface area contributed by atoms with E-state index < -0.39 is 0 Å². The third kappa shape index (κ3) is 4.13. The fraction of sp³-hybridized carbons (Fsp3) is 0.800. The summed E-state index contributed by atoms with van der Waals surface area (Å²) >= 11 is 0. The normalized spacial score (nSPS) is 16.5. The highest BCUT2D eigenvalue weighted by Crippen LogP contribution is 2.16. The lowest BCUT2D eigenvalue weighted by molar-refractivity contribution is 0.367. The van der Waals surface area contributed by atoms with Crippen molar-refractivity contribution < 1.29 is 0 Å². The van der Waals surface area contributed by atoms with Gasteiger partial charge in [-0.2, -0.15) is 5.10 Å². The lowest BCUT2D eigenvalue weighted by atomic mass is 9.93. The van der Waals surface area contributed by atoms with E-state index in [9.17, 15) is 0 Å². The van der Waals surface area contributed by atoms with Gasteiger partial charge in [-0.1, -0.05) is 27.2 Å². The van der Waals surface area contributed by atoms with E-state index >= 15 is 0 Å². The second kappa shape index (κ2) is 7.57. The van der Waals surface area contributed by atoms with Crippen LogP contribution in [0.5, 0.6) is 0 Å². The zero-order chi connectivity index (χ0) is 13.5. The van der Waals surface area contributed by atoms with Gasteiger partial charge < -0.3 is 5.32 Å². The lowest BCUT2D eigenvalue weighted by Gasteiger charge is -2.22. The summed E-state index contributed by atoms with van der Waals surface area (Å²) in [5, 5.41) is 8.13. The summed E-state index contributed by atoms with van der Waals surface area (Å²) in [6.45, 7) is 9.00. The second-order valence-electron chi connectivity index (χ2n) is 5.41. The molecular weight excluding hydrogens is 222 g/mol. The molecule has 104 valence electrons. The Morgan fingerprint density at radius 3 is 2.61 bits per heavy atom. The SMILES string of the molecule is CCCC(C)C(Cc1ccn(C(C)CC)n1)NC. The topological polar surface area (TPSA) is 29.9 Å². The maximum atomic E-state index is 4.69. The van der Waals surface area contributed by atoms with Gasteiger partial charge >= 0.3 is 0 Å². The van der Waals surface area contributed by atoms with E-state index in [0.29, 0.717) is 18.0 Å². The van der Waals surface area contributed by atoms with E-state index in [-0.39, 0.29) is 0 Å². The first kappa shape index (κ1) is 15.2. The molecule has 1 aromatic heterocycles. The van der Waals surface area contributed by atoms with E-state index in [1.165, 1.54) is 18.5 Å². The molecule has 0 fully saturated rings. The van der Waals surface area contributed by atoms with Crippen LogP contribution in [-0.2, 0) is 6.42 Å². The van der Waals surface area contributed by atoms with Crippen LogP contribution >= 0.6 is 0 Å². The van der Waals surface area contributed by atoms with Gasteiger partial charge in [0.1, 0.15) is 0 Å². The maximum absolute atomic E-state index is 4.69. The summed E-state index contributed by atoms with van der Waals surface area (Å²) in [4.78, 5) is 0. The third-order valence-electron chi connectivity index (χ3n) is 3.94. The first-order valence-electron chi connectivity index (χ1n) is 7.33. The molecule has 0 saturated carbocycles. The quantitative estimate of drug-likeness (QED) is 0.767. The van der Waals surface area contributed by atoms with Crippen molar-refractivity contribution in [2.75, 3.05) is 7.05 Å². The van der Waals surface area contributed by atoms with Crippen LogP contribution in [0.1, 0.15) is 58.7 Å². The predicted octanol–water partition coefficient (Wildman–Crippen LogP) is 3.42. The summed E-state index contributed by atoms with van der Waals surface area (Å²) in [5.74, 6) is 0.703. The molecule has 1 N–H and O–H groups in total. The highest BCUT2D eigenvalue weighted by Gasteiger charge is 2.16. The molecule has 1 aromatic rings. The molecule has 0 bridgehead atoms. The molecule has 0 spiro atoms. The van der Waals surface area contributed by atoms with Gasteiger partial charge in [-0.25, -0.2) is 0 Å². The van der Waals surface area contributed by atoms with Crippen molar-refractivity contribution in [3.8, 4) is 0 Å². The first-order valence-corrected chi connectivity index (χ1v) is 7.33. The van der Waals surface area contributed by atoms with Gasteiger partial charge in [-0.15, -0.1) is 0 Å². The number of nitrogens with one attached hydrogen (secondary N) is 1. The molecule has 0 aliphatic rings. The number of aromatic nitrogens is 2. The van der Waals surface area contributed by atoms with E-state index in [1.54, 1.807) is 0 Å². The Labute approximate surface area is 112 Å². The van der Waals surface area contributed by atoms with E-state index in [1.807, 2.05) is 0 Å². The molecule has 1 heterocycles. The zero-order valence-electron chi connectivity index (χ0n) is 12.6. The number of hydrogen-bond donors (Lipinski definition) is 1. The van der Waals surface area contributed by atoms with Gasteiger partial charge in [0.2, 0.25) is 0 Å². The molecule has 0 saturated heterocycles. The zero-order valence-corrected chi connectivity index (χ0v) is 12.6. The molecule has 3 unspecified atom stereocenters. The van der Waals surface area contributed by atoms with Gasteiger partial charge in [-0.3, -0.25) is 4.68 Å². The largest absolute Gasteiger partial charge is 0.316 e. The molecule has 0 radical (unpaired) electrons. The van der Waals surface area contributed by atoms with Crippen LogP contribution in [0.2, 0.25) is 0 Å². The smallest absolute Gasteiger partial charge is 0.0640 e. The predicted molar refractivity (Wildman–Crippen MR) is 77.9 cm³/mol. The van der Waals surface area contributed by atoms with Crippen molar-refractivity contribution in [2.24, 2.45) is 5.92 Å². The minimum atomic E-state index is 0.500. The summed E-state index contributed by atoms with van der Waals surface area (Å²) in [6, 6.07) is 3.19. The average Bonchev–Trinajstić information content (AvgIpc) is 2.83. The minimum Gasteiger partial charge on any atom is -0.316 e. The van der Waals surface area contributed by atoms with Crippen molar-refractivity contribution in [1.29, 1.82) is 0 Å². The van der Waals surface area contributed by atoms with Crippen LogP contribution < -0.4 is 5.32 Å². The van der Waals surface area contributed by atoms with Crippen LogP contribution in [0.25, 0.3) is 0 Å². The average molecular weight is 251 g/mol. The molecule has 0 amide bonds. The van der Waals surface area contributed by atoms with Crippen LogP contribution in [0, 0.1) is 5.92 Å². The summed E-state index contributed by atoms with van der Waals surface area (Å²) in [5.41, 5.74) is 1.21. The fourth-order valence-corrected chi connectivity index (χ4v) is 2.39. The van der Waals surface area contributed by atoms with Crippen molar-refractivity contribution in [2.45, 2.75) is 65.5 Å². The first-order chi connectivity index (χ1) is 8.62. The molecule has 1 rings (SSSR count). The lowest BCUT2D eigenvalue weighted by Crippen LogP contribution is -2.34. The van der Waals surface area contributed by atoms with Crippen molar-refractivity contribution in [3.63, 3.8) is 0 Å². The van der Waals surface area contributed by atoms with Crippen molar-refractivity contribution >= 4 is 0 Å². The van der Waals surface area contributed by atoms with Crippen LogP contribution in [-0.4, -0.2) is 22.9 Å². The van der Waals surface area contributed by atoms with Crippen LogP contribution in [0.15, 0.2) is 12.3 Å². The molecule has 0 aromatic carbocycles. The fourth-order valence-electron chi connectivity index (χ4n) is 2.39. The van der Waals surface area contributed by atoms with Gasteiger partial charge in [0.05, 0.1) is 5.69 Å². The molecule has 0 aliphatic heterocycles. The molecule has 18 heavy (non-hydrogen) atoms. The maximum Gasteiger partial charge on any atom is 0.0640 e. The van der Waals surface area contributed by atoms with Crippen molar-refractivity contribution in [1.82, 2.24) is 15.1 Å². The Morgan fingerprint density at radius 2 is 2.06 bits per heavy atom. The standard InChI is InChI=1S/C15H29N3/c1-6-8-12(3)15(16-5)11-14-9-10-18(17-14)13(4)7-2/h9-10,12-13,15-16H,6-8,11H2,1-5H3. The Hall–Kier alpha value is -0.830. The Balaban J connectivity index is 2.61. The summed E-state index contributed by atoms with van der Waals surface area (Å²) in [7, 11) is 2.06. The van der Waals surface area contributed by atoms with Gasteiger partial charge in [0.25, 0.3) is 0 Å². The minimum absolute atomic E-state index is 0.500. The van der Waals surface area contributed by atoms with Gasteiger partial charge in [0, 0.05) is 24.7 Å². The van der Waals surface area contributed by atoms with E-state index in [2.05, 4.69) is 62.1 Å². The molecule has 0 aliphatic carbocycles. The molecule has 3 atom stereocenters. The Kier molecular flexibility index (Phi) is 6.41. The third-order valence-corrected chi connectivity index (χ3v) is 3.94. The number of likely N-dealkylation sites (N-methyl/N-ethyl adjacent to an activating group) is 1. The summed E-state index contributed by atoms with van der Waals surface area (Å²) in [6.07, 6.45) is 6.79. The number of rotatable bonds is 8. The highest BCUT2D eigenvalue weighted by atomic mass is 15.3. The second-order valence-corrected chi connectivity index (χ2v) is 5.41. The molecule has 3 heteroatoms. The van der Waals surface area contributed by atoms with Crippen molar-refractivity contribution in [3.05, 3.63) is 18.0 Å².